The molecule has 2 amide bonds. The molecule has 1 aliphatic heterocycles. The van der Waals surface area contributed by atoms with Gasteiger partial charge in [-0.15, -0.1) is 0 Å². The fourth-order valence-corrected chi connectivity index (χ4v) is 4.25. The predicted molar refractivity (Wildman–Crippen MR) is 129 cm³/mol. The van der Waals surface area contributed by atoms with Gasteiger partial charge in [0.15, 0.2) is 0 Å². The molecule has 0 fully saturated rings. The third-order valence-corrected chi connectivity index (χ3v) is 5.91. The quantitative estimate of drug-likeness (QED) is 0.494. The van der Waals surface area contributed by atoms with Crippen LogP contribution in [0.3, 0.4) is 0 Å². The van der Waals surface area contributed by atoms with Gasteiger partial charge in [-0.1, -0.05) is 36.4 Å². The van der Waals surface area contributed by atoms with Gasteiger partial charge in [0.1, 0.15) is 5.75 Å². The number of ether oxygens (including phenoxy) is 1. The van der Waals surface area contributed by atoms with Crippen LogP contribution in [0.5, 0.6) is 5.75 Å². The first-order valence-electron chi connectivity index (χ1n) is 10.8. The van der Waals surface area contributed by atoms with Crippen molar-refractivity contribution < 1.29 is 14.3 Å². The Kier molecular flexibility index (Phi) is 5.48. The average molecular weight is 437 g/mol. The van der Waals surface area contributed by atoms with Crippen molar-refractivity contribution >= 4 is 34.1 Å². The molecule has 0 saturated heterocycles. The lowest BCUT2D eigenvalue weighted by atomic mass is 10.1. The maximum absolute atomic E-state index is 13.1. The highest BCUT2D eigenvalue weighted by Gasteiger charge is 2.25. The fraction of sp³-hybridized carbons (Fsp3) is 0.148. The third-order valence-electron chi connectivity index (χ3n) is 5.91. The number of nitrogens with zero attached hydrogens (tertiary/aromatic N) is 2. The number of para-hydroxylation sites is 1. The number of rotatable bonds is 5. The van der Waals surface area contributed by atoms with Gasteiger partial charge in [-0.3, -0.25) is 14.6 Å². The second-order valence-corrected chi connectivity index (χ2v) is 8.00. The van der Waals surface area contributed by atoms with E-state index < -0.39 is 0 Å². The summed E-state index contributed by atoms with van der Waals surface area (Å²) in [7, 11) is 1.61. The molecule has 6 heteroatoms. The Morgan fingerprint density at radius 2 is 1.88 bits per heavy atom. The van der Waals surface area contributed by atoms with E-state index in [1.807, 2.05) is 66.7 Å². The van der Waals surface area contributed by atoms with E-state index in [1.165, 1.54) is 0 Å². The standard InChI is InChI=1S/C27H23N3O3/c1-33-22-8-2-5-18(15-22)16-25(31)30-14-12-19-10-11-21(17-24(19)30)29-27(32)23-9-3-6-20-7-4-13-28-26(20)23/h2-11,13,15,17H,12,14,16H2,1H3,(H,29,32). The summed E-state index contributed by atoms with van der Waals surface area (Å²) in [5, 5.41) is 3.88. The number of aromatic nitrogens is 1. The molecule has 33 heavy (non-hydrogen) atoms. The minimum Gasteiger partial charge on any atom is -0.497 e. The van der Waals surface area contributed by atoms with Crippen LogP contribution in [0.4, 0.5) is 11.4 Å². The highest BCUT2D eigenvalue weighted by molar-refractivity contribution is 6.12. The Morgan fingerprint density at radius 1 is 1.03 bits per heavy atom. The normalized spacial score (nSPS) is 12.5. The number of anilines is 2. The molecular formula is C27H23N3O3. The van der Waals surface area contributed by atoms with E-state index >= 15 is 0 Å². The van der Waals surface area contributed by atoms with Gasteiger partial charge < -0.3 is 15.0 Å². The van der Waals surface area contributed by atoms with Gasteiger partial charge in [0, 0.05) is 29.5 Å². The van der Waals surface area contributed by atoms with Crippen LogP contribution in [0.15, 0.2) is 79.0 Å². The second-order valence-electron chi connectivity index (χ2n) is 8.00. The number of amides is 2. The molecule has 1 aliphatic rings. The monoisotopic (exact) mass is 437 g/mol. The summed E-state index contributed by atoms with van der Waals surface area (Å²) < 4.78 is 5.26. The van der Waals surface area contributed by atoms with Crippen molar-refractivity contribution in [1.29, 1.82) is 0 Å². The summed E-state index contributed by atoms with van der Waals surface area (Å²) in [5.74, 6) is 0.519. The number of methoxy groups -OCH3 is 1. The van der Waals surface area contributed by atoms with Crippen LogP contribution < -0.4 is 15.0 Å². The van der Waals surface area contributed by atoms with Crippen molar-refractivity contribution in [1.82, 2.24) is 4.98 Å². The van der Waals surface area contributed by atoms with E-state index in [0.717, 1.165) is 34.4 Å². The summed E-state index contributed by atoms with van der Waals surface area (Å²) >= 11 is 0. The maximum Gasteiger partial charge on any atom is 0.257 e. The molecule has 164 valence electrons. The lowest BCUT2D eigenvalue weighted by Crippen LogP contribution is -2.30. The Labute approximate surface area is 191 Å². The van der Waals surface area contributed by atoms with Crippen LogP contribution >= 0.6 is 0 Å². The molecule has 0 atom stereocenters. The number of hydrogen-bond acceptors (Lipinski definition) is 4. The molecular weight excluding hydrogens is 414 g/mol. The molecule has 3 aromatic carbocycles. The minimum absolute atomic E-state index is 0.0173. The molecule has 1 N–H and O–H groups in total. The second kappa shape index (κ2) is 8.74. The maximum atomic E-state index is 13.1. The molecule has 0 bridgehead atoms. The van der Waals surface area contributed by atoms with Crippen LogP contribution in [0.25, 0.3) is 10.9 Å². The molecule has 2 heterocycles. The Balaban J connectivity index is 1.36. The fourth-order valence-electron chi connectivity index (χ4n) is 4.25. The number of carbonyl (C=O) groups is 2. The smallest absolute Gasteiger partial charge is 0.257 e. The number of carbonyl (C=O) groups excluding carboxylic acids is 2. The molecule has 0 radical (unpaired) electrons. The lowest BCUT2D eigenvalue weighted by molar-refractivity contribution is -0.117. The first kappa shape index (κ1) is 20.7. The largest absolute Gasteiger partial charge is 0.497 e. The minimum atomic E-state index is -0.230. The predicted octanol–water partition coefficient (Wildman–Crippen LogP) is 4.63. The summed E-state index contributed by atoms with van der Waals surface area (Å²) in [5.41, 5.74) is 4.66. The van der Waals surface area contributed by atoms with Crippen molar-refractivity contribution in [2.45, 2.75) is 12.8 Å². The van der Waals surface area contributed by atoms with Crippen molar-refractivity contribution in [3.8, 4) is 5.75 Å². The van der Waals surface area contributed by atoms with E-state index in [4.69, 9.17) is 4.74 Å². The number of fused-ring (bicyclic) bond motifs is 2. The van der Waals surface area contributed by atoms with Gasteiger partial charge >= 0.3 is 0 Å². The number of pyridine rings is 1. The van der Waals surface area contributed by atoms with Crippen LogP contribution in [-0.4, -0.2) is 30.5 Å². The molecule has 0 saturated carbocycles. The zero-order valence-corrected chi connectivity index (χ0v) is 18.2. The van der Waals surface area contributed by atoms with Crippen molar-refractivity contribution in [2.24, 2.45) is 0 Å². The topological polar surface area (TPSA) is 71.5 Å². The van der Waals surface area contributed by atoms with Gasteiger partial charge in [0.05, 0.1) is 24.6 Å². The summed E-state index contributed by atoms with van der Waals surface area (Å²) in [6.07, 6.45) is 2.76. The average Bonchev–Trinajstić information content (AvgIpc) is 3.27. The third kappa shape index (κ3) is 4.15. The van der Waals surface area contributed by atoms with Crippen LogP contribution in [0, 0.1) is 0 Å². The van der Waals surface area contributed by atoms with Crippen LogP contribution in [0.1, 0.15) is 21.5 Å². The SMILES string of the molecule is COc1cccc(CC(=O)N2CCc3ccc(NC(=O)c4cccc5cccnc45)cc32)c1. The molecule has 0 aliphatic carbocycles. The van der Waals surface area contributed by atoms with Gasteiger partial charge in [-0.25, -0.2) is 0 Å². The summed E-state index contributed by atoms with van der Waals surface area (Å²) in [6.45, 7) is 0.628. The van der Waals surface area contributed by atoms with E-state index in [2.05, 4.69) is 10.3 Å². The molecule has 6 nitrogen and oxygen atoms in total. The van der Waals surface area contributed by atoms with Gasteiger partial charge in [-0.2, -0.15) is 0 Å². The first-order valence-corrected chi connectivity index (χ1v) is 10.8. The van der Waals surface area contributed by atoms with Gasteiger partial charge in [0.2, 0.25) is 5.91 Å². The van der Waals surface area contributed by atoms with Crippen molar-refractivity contribution in [2.75, 3.05) is 23.9 Å². The zero-order chi connectivity index (χ0) is 22.8. The van der Waals surface area contributed by atoms with Crippen molar-refractivity contribution in [3.05, 3.63) is 95.7 Å². The number of hydrogen-bond donors (Lipinski definition) is 1. The van der Waals surface area contributed by atoms with Crippen LogP contribution in [0.2, 0.25) is 0 Å². The molecule has 0 unspecified atom stereocenters. The van der Waals surface area contributed by atoms with E-state index in [9.17, 15) is 9.59 Å². The molecule has 1 aromatic heterocycles. The highest BCUT2D eigenvalue weighted by atomic mass is 16.5. The first-order chi connectivity index (χ1) is 16.1. The molecule has 0 spiro atoms. The summed E-state index contributed by atoms with van der Waals surface area (Å²) in [4.78, 5) is 32.2. The Hall–Kier alpha value is -4.19. The zero-order valence-electron chi connectivity index (χ0n) is 18.2. The lowest BCUT2D eigenvalue weighted by Gasteiger charge is -2.18. The Bertz CT molecular complexity index is 1360. The van der Waals surface area contributed by atoms with E-state index in [0.29, 0.717) is 23.3 Å². The summed E-state index contributed by atoms with van der Waals surface area (Å²) in [6, 6.07) is 22.6. The number of nitrogens with one attached hydrogen (secondary N) is 1. The van der Waals surface area contributed by atoms with Gasteiger partial charge in [0.25, 0.3) is 5.91 Å². The Morgan fingerprint density at radius 3 is 2.76 bits per heavy atom. The van der Waals surface area contributed by atoms with Crippen LogP contribution in [-0.2, 0) is 17.6 Å². The van der Waals surface area contributed by atoms with E-state index in [1.54, 1.807) is 24.3 Å². The van der Waals surface area contributed by atoms with E-state index in [-0.39, 0.29) is 18.2 Å². The van der Waals surface area contributed by atoms with Gasteiger partial charge in [-0.05, 0) is 53.9 Å². The highest BCUT2D eigenvalue weighted by Crippen LogP contribution is 2.32. The number of benzene rings is 3. The molecule has 4 aromatic rings. The molecule has 5 rings (SSSR count). The van der Waals surface area contributed by atoms with Crippen molar-refractivity contribution in [3.63, 3.8) is 0 Å².